The van der Waals surface area contributed by atoms with Gasteiger partial charge in [-0.2, -0.15) is 0 Å². The highest BCUT2D eigenvalue weighted by Gasteiger charge is 2.15. The van der Waals surface area contributed by atoms with Crippen molar-refractivity contribution in [3.8, 4) is 17.0 Å². The molecule has 3 aromatic rings. The summed E-state index contributed by atoms with van der Waals surface area (Å²) in [6.45, 7) is 6.79. The summed E-state index contributed by atoms with van der Waals surface area (Å²) >= 11 is 1.71. The van der Waals surface area contributed by atoms with E-state index in [2.05, 4.69) is 36.7 Å². The second-order valence-electron chi connectivity index (χ2n) is 9.21. The first-order chi connectivity index (χ1) is 16.1. The lowest BCUT2D eigenvalue weighted by Crippen LogP contribution is -2.07. The van der Waals surface area contributed by atoms with Crippen molar-refractivity contribution in [2.75, 3.05) is 0 Å². The number of unbranched alkanes of at least 4 members (excludes halogenated alkanes) is 8. The smallest absolute Gasteiger partial charge is 0.311 e. The molecule has 1 aromatic carbocycles. The highest BCUT2D eigenvalue weighted by molar-refractivity contribution is 7.15. The van der Waals surface area contributed by atoms with Crippen LogP contribution < -0.4 is 4.74 Å². The molecule has 0 radical (unpaired) electrons. The van der Waals surface area contributed by atoms with Gasteiger partial charge < -0.3 is 4.74 Å². The van der Waals surface area contributed by atoms with Crippen LogP contribution in [0.1, 0.15) is 109 Å². The van der Waals surface area contributed by atoms with Crippen LogP contribution in [0.15, 0.2) is 35.8 Å². The molecule has 0 saturated heterocycles. The van der Waals surface area contributed by atoms with Gasteiger partial charge in [0.25, 0.3) is 0 Å². The molecule has 0 saturated carbocycles. The maximum atomic E-state index is 12.1. The number of ether oxygens (including phenoxy) is 1. The quantitative estimate of drug-likeness (QED) is 0.127. The third kappa shape index (κ3) is 7.70. The summed E-state index contributed by atoms with van der Waals surface area (Å²) in [7, 11) is 0. The van der Waals surface area contributed by atoms with E-state index in [1.54, 1.807) is 11.3 Å². The number of aromatic nitrogens is 2. The fourth-order valence-corrected chi connectivity index (χ4v) is 5.24. The fraction of sp³-hybridized carbons (Fsp3) is 0.571. The predicted molar refractivity (Wildman–Crippen MR) is 139 cm³/mol. The topological polar surface area (TPSA) is 43.6 Å². The van der Waals surface area contributed by atoms with E-state index in [0.717, 1.165) is 29.1 Å². The minimum atomic E-state index is -0.140. The molecule has 2 aromatic heterocycles. The SMILES string of the molecule is CCCCCCCCC(=O)Oc1ccc(-c2cn3c(C(C)CCCCCC)csc3n2)cc1. The van der Waals surface area contributed by atoms with Crippen molar-refractivity contribution < 1.29 is 9.53 Å². The maximum Gasteiger partial charge on any atom is 0.311 e. The van der Waals surface area contributed by atoms with Gasteiger partial charge in [-0.05, 0) is 43.0 Å². The van der Waals surface area contributed by atoms with Crippen molar-refractivity contribution in [3.05, 3.63) is 41.5 Å². The molecule has 0 aliphatic carbocycles. The Bertz CT molecular complexity index is 974. The molecule has 2 heterocycles. The summed E-state index contributed by atoms with van der Waals surface area (Å²) in [4.78, 5) is 18.0. The van der Waals surface area contributed by atoms with E-state index < -0.39 is 0 Å². The number of carbonyl (C=O) groups is 1. The standard InChI is InChI=1S/C28H40N2O2S/c1-4-6-8-10-11-13-15-27(31)32-24-18-16-23(17-19-24)25-20-30-26(21-33-28(30)29-25)22(3)14-12-9-7-5-2/h16-22H,4-15H2,1-3H3. The molecular formula is C28H40N2O2S. The molecule has 0 amide bonds. The largest absolute Gasteiger partial charge is 0.427 e. The fourth-order valence-electron chi connectivity index (χ4n) is 4.24. The second kappa shape index (κ2) is 13.5. The number of benzene rings is 1. The maximum absolute atomic E-state index is 12.1. The molecule has 1 atom stereocenters. The van der Waals surface area contributed by atoms with E-state index in [-0.39, 0.29) is 5.97 Å². The van der Waals surface area contributed by atoms with E-state index in [1.165, 1.54) is 63.5 Å². The molecular weight excluding hydrogens is 428 g/mol. The summed E-state index contributed by atoms with van der Waals surface area (Å²) in [5, 5.41) is 2.25. The number of fused-ring (bicyclic) bond motifs is 1. The van der Waals surface area contributed by atoms with Gasteiger partial charge in [0.15, 0.2) is 4.96 Å². The lowest BCUT2D eigenvalue weighted by atomic mass is 10.00. The van der Waals surface area contributed by atoms with Gasteiger partial charge in [-0.15, -0.1) is 11.3 Å². The van der Waals surface area contributed by atoms with Crippen LogP contribution in [-0.4, -0.2) is 15.4 Å². The molecule has 33 heavy (non-hydrogen) atoms. The zero-order valence-electron chi connectivity index (χ0n) is 20.6. The van der Waals surface area contributed by atoms with Gasteiger partial charge in [0.1, 0.15) is 5.75 Å². The van der Waals surface area contributed by atoms with E-state index in [1.807, 2.05) is 24.3 Å². The van der Waals surface area contributed by atoms with E-state index in [9.17, 15) is 4.79 Å². The van der Waals surface area contributed by atoms with Gasteiger partial charge in [-0.1, -0.05) is 78.6 Å². The molecule has 0 aliphatic heterocycles. The summed E-state index contributed by atoms with van der Waals surface area (Å²) in [6, 6.07) is 7.74. The van der Waals surface area contributed by atoms with Crippen molar-refractivity contribution in [3.63, 3.8) is 0 Å². The number of imidazole rings is 1. The van der Waals surface area contributed by atoms with E-state index in [4.69, 9.17) is 9.72 Å². The van der Waals surface area contributed by atoms with Crippen LogP contribution in [-0.2, 0) is 4.79 Å². The first-order valence-corrected chi connectivity index (χ1v) is 13.8. The lowest BCUT2D eigenvalue weighted by Gasteiger charge is -2.10. The minimum Gasteiger partial charge on any atom is -0.427 e. The molecule has 1 unspecified atom stereocenters. The molecule has 0 N–H and O–H groups in total. The van der Waals surface area contributed by atoms with Crippen LogP contribution in [0.25, 0.3) is 16.2 Å². The molecule has 0 aliphatic rings. The number of thiazole rings is 1. The Kier molecular flexibility index (Phi) is 10.5. The number of esters is 1. The van der Waals surface area contributed by atoms with Crippen LogP contribution in [0, 0.1) is 0 Å². The predicted octanol–water partition coefficient (Wildman–Crippen LogP) is 8.79. The molecule has 0 bridgehead atoms. The number of rotatable bonds is 15. The van der Waals surface area contributed by atoms with Crippen molar-refractivity contribution in [1.82, 2.24) is 9.38 Å². The van der Waals surface area contributed by atoms with Gasteiger partial charge >= 0.3 is 5.97 Å². The van der Waals surface area contributed by atoms with Crippen LogP contribution in [0.4, 0.5) is 0 Å². The average molecular weight is 469 g/mol. The molecule has 180 valence electrons. The normalized spacial score (nSPS) is 12.3. The van der Waals surface area contributed by atoms with E-state index in [0.29, 0.717) is 18.1 Å². The van der Waals surface area contributed by atoms with Crippen LogP contribution in [0.3, 0.4) is 0 Å². The summed E-state index contributed by atoms with van der Waals surface area (Å²) in [5.41, 5.74) is 3.36. The Morgan fingerprint density at radius 1 is 0.970 bits per heavy atom. The number of nitrogens with zero attached hydrogens (tertiary/aromatic N) is 2. The zero-order chi connectivity index (χ0) is 23.5. The van der Waals surface area contributed by atoms with Gasteiger partial charge in [0, 0.05) is 29.3 Å². The third-order valence-electron chi connectivity index (χ3n) is 6.35. The first kappa shape index (κ1) is 25.5. The van der Waals surface area contributed by atoms with Gasteiger partial charge in [-0.3, -0.25) is 9.20 Å². The van der Waals surface area contributed by atoms with Crippen LogP contribution >= 0.6 is 11.3 Å². The number of hydrogen-bond donors (Lipinski definition) is 0. The molecule has 5 heteroatoms. The zero-order valence-corrected chi connectivity index (χ0v) is 21.5. The number of hydrogen-bond acceptors (Lipinski definition) is 4. The molecule has 0 fully saturated rings. The Morgan fingerprint density at radius 3 is 2.36 bits per heavy atom. The number of carbonyl (C=O) groups excluding carboxylic acids is 1. The van der Waals surface area contributed by atoms with Gasteiger partial charge in [0.05, 0.1) is 5.69 Å². The van der Waals surface area contributed by atoms with Crippen LogP contribution in [0.2, 0.25) is 0 Å². The van der Waals surface area contributed by atoms with Crippen molar-refractivity contribution in [2.24, 2.45) is 0 Å². The Balaban J connectivity index is 1.53. The summed E-state index contributed by atoms with van der Waals surface area (Å²) in [6.07, 6.45) is 16.1. The Morgan fingerprint density at radius 2 is 1.64 bits per heavy atom. The highest BCUT2D eigenvalue weighted by Crippen LogP contribution is 2.30. The van der Waals surface area contributed by atoms with Crippen LogP contribution in [0.5, 0.6) is 5.75 Å². The summed E-state index contributed by atoms with van der Waals surface area (Å²) in [5.74, 6) is 1.00. The Hall–Kier alpha value is -2.14. The van der Waals surface area contributed by atoms with Gasteiger partial charge in [0.2, 0.25) is 0 Å². The lowest BCUT2D eigenvalue weighted by molar-refractivity contribution is -0.134. The second-order valence-corrected chi connectivity index (χ2v) is 10.0. The monoisotopic (exact) mass is 468 g/mol. The third-order valence-corrected chi connectivity index (χ3v) is 7.21. The van der Waals surface area contributed by atoms with Gasteiger partial charge in [-0.25, -0.2) is 4.98 Å². The highest BCUT2D eigenvalue weighted by atomic mass is 32.1. The van der Waals surface area contributed by atoms with Crippen molar-refractivity contribution in [1.29, 1.82) is 0 Å². The van der Waals surface area contributed by atoms with Crippen molar-refractivity contribution >= 4 is 22.3 Å². The minimum absolute atomic E-state index is 0.140. The first-order valence-electron chi connectivity index (χ1n) is 12.9. The molecule has 4 nitrogen and oxygen atoms in total. The molecule has 3 rings (SSSR count). The summed E-state index contributed by atoms with van der Waals surface area (Å²) < 4.78 is 7.77. The average Bonchev–Trinajstić information content (AvgIpc) is 3.40. The van der Waals surface area contributed by atoms with E-state index >= 15 is 0 Å². The Labute approximate surface area is 203 Å². The molecule has 0 spiro atoms. The van der Waals surface area contributed by atoms with Crippen molar-refractivity contribution in [2.45, 2.75) is 104 Å².